The normalized spacial score (nSPS) is 18.3. The van der Waals surface area contributed by atoms with Gasteiger partial charge >= 0.3 is 0 Å². The van der Waals surface area contributed by atoms with Gasteiger partial charge in [-0.3, -0.25) is 0 Å². The molecule has 0 aromatic carbocycles. The summed E-state index contributed by atoms with van der Waals surface area (Å²) >= 11 is 0. The Balaban J connectivity index is 2.97. The molecule has 0 saturated carbocycles. The Bertz CT molecular complexity index is 267. The third-order valence-corrected chi connectivity index (χ3v) is 1.86. The Morgan fingerprint density at radius 1 is 1.25 bits per heavy atom. The van der Waals surface area contributed by atoms with E-state index >= 15 is 0 Å². The zero-order valence-corrected chi connectivity index (χ0v) is 7.72. The van der Waals surface area contributed by atoms with Gasteiger partial charge in [-0.1, -0.05) is 30.9 Å². The SMILES string of the molecule is C=C1NCC(/C=C\C)=C1/C=C\C. The molecule has 1 nitrogen and oxygen atoms in total. The summed E-state index contributed by atoms with van der Waals surface area (Å²) in [4.78, 5) is 0. The fourth-order valence-corrected chi connectivity index (χ4v) is 1.31. The smallest absolute Gasteiger partial charge is 0.0407 e. The van der Waals surface area contributed by atoms with Crippen LogP contribution in [0.5, 0.6) is 0 Å². The molecule has 1 heterocycles. The lowest BCUT2D eigenvalue weighted by Crippen LogP contribution is -2.05. The van der Waals surface area contributed by atoms with Crippen LogP contribution in [-0.4, -0.2) is 6.54 Å². The molecule has 0 aromatic rings. The van der Waals surface area contributed by atoms with Crippen molar-refractivity contribution < 1.29 is 0 Å². The second-order valence-electron chi connectivity index (χ2n) is 2.77. The van der Waals surface area contributed by atoms with Gasteiger partial charge in [-0.05, 0) is 19.4 Å². The van der Waals surface area contributed by atoms with Crippen LogP contribution in [0.3, 0.4) is 0 Å². The Morgan fingerprint density at radius 3 is 2.50 bits per heavy atom. The van der Waals surface area contributed by atoms with E-state index in [2.05, 4.69) is 30.1 Å². The highest BCUT2D eigenvalue weighted by molar-refractivity contribution is 5.50. The predicted octanol–water partition coefficient (Wildman–Crippen LogP) is 2.55. The largest absolute Gasteiger partial charge is 0.381 e. The molecule has 0 spiro atoms. The van der Waals surface area contributed by atoms with Crippen LogP contribution in [0.2, 0.25) is 0 Å². The minimum atomic E-state index is 0.906. The van der Waals surface area contributed by atoms with Gasteiger partial charge in [-0.2, -0.15) is 0 Å². The Kier molecular flexibility index (Phi) is 2.92. The van der Waals surface area contributed by atoms with Gasteiger partial charge in [-0.25, -0.2) is 0 Å². The zero-order valence-electron chi connectivity index (χ0n) is 7.72. The van der Waals surface area contributed by atoms with E-state index in [1.54, 1.807) is 0 Å². The molecule has 1 aliphatic rings. The van der Waals surface area contributed by atoms with Crippen LogP contribution in [0.15, 0.2) is 47.7 Å². The molecule has 0 atom stereocenters. The summed E-state index contributed by atoms with van der Waals surface area (Å²) in [5.41, 5.74) is 3.58. The highest BCUT2D eigenvalue weighted by atomic mass is 14.9. The van der Waals surface area contributed by atoms with E-state index < -0.39 is 0 Å². The lowest BCUT2D eigenvalue weighted by molar-refractivity contribution is 0.966. The first kappa shape index (κ1) is 8.85. The van der Waals surface area contributed by atoms with Crippen LogP contribution < -0.4 is 5.32 Å². The van der Waals surface area contributed by atoms with Gasteiger partial charge in [0.05, 0.1) is 0 Å². The summed E-state index contributed by atoms with van der Waals surface area (Å²) in [6, 6.07) is 0. The van der Waals surface area contributed by atoms with Crippen molar-refractivity contribution >= 4 is 0 Å². The summed E-state index contributed by atoms with van der Waals surface area (Å²) in [5, 5.41) is 3.22. The van der Waals surface area contributed by atoms with E-state index in [1.165, 1.54) is 11.1 Å². The average Bonchev–Trinajstić information content (AvgIpc) is 2.37. The molecule has 1 heteroatoms. The standard InChI is InChI=1S/C11H15N/c1-4-6-10-8-12-9(3)11(10)7-5-2/h4-7,12H,3,8H2,1-2H3/b6-4-,7-5-. The van der Waals surface area contributed by atoms with Crippen molar-refractivity contribution in [1.82, 2.24) is 5.32 Å². The maximum absolute atomic E-state index is 3.93. The van der Waals surface area contributed by atoms with Gasteiger partial charge in [0.25, 0.3) is 0 Å². The van der Waals surface area contributed by atoms with Crippen molar-refractivity contribution in [1.29, 1.82) is 0 Å². The number of hydrogen-bond donors (Lipinski definition) is 1. The highest BCUT2D eigenvalue weighted by Gasteiger charge is 2.11. The van der Waals surface area contributed by atoms with Crippen LogP contribution >= 0.6 is 0 Å². The topological polar surface area (TPSA) is 12.0 Å². The Hall–Kier alpha value is -1.24. The van der Waals surface area contributed by atoms with Crippen molar-refractivity contribution in [2.75, 3.05) is 6.54 Å². The average molecular weight is 161 g/mol. The van der Waals surface area contributed by atoms with Crippen molar-refractivity contribution in [3.05, 3.63) is 47.7 Å². The minimum absolute atomic E-state index is 0.906. The first-order chi connectivity index (χ1) is 5.79. The molecule has 64 valence electrons. The lowest BCUT2D eigenvalue weighted by atomic mass is 10.1. The van der Waals surface area contributed by atoms with E-state index in [9.17, 15) is 0 Å². The van der Waals surface area contributed by atoms with Crippen molar-refractivity contribution in [3.63, 3.8) is 0 Å². The van der Waals surface area contributed by atoms with Gasteiger partial charge in [0.1, 0.15) is 0 Å². The quantitative estimate of drug-likeness (QED) is 0.656. The number of rotatable bonds is 2. The highest BCUT2D eigenvalue weighted by Crippen LogP contribution is 2.20. The molecule has 1 N–H and O–H groups in total. The molecule has 0 aliphatic carbocycles. The Labute approximate surface area is 74.2 Å². The van der Waals surface area contributed by atoms with Crippen molar-refractivity contribution in [2.45, 2.75) is 13.8 Å². The Morgan fingerprint density at radius 2 is 1.92 bits per heavy atom. The van der Waals surface area contributed by atoms with E-state index in [0.29, 0.717) is 0 Å². The third kappa shape index (κ3) is 1.67. The molecule has 12 heavy (non-hydrogen) atoms. The fourth-order valence-electron chi connectivity index (χ4n) is 1.31. The van der Waals surface area contributed by atoms with Crippen molar-refractivity contribution in [3.8, 4) is 0 Å². The molecular weight excluding hydrogens is 146 g/mol. The number of allylic oxidation sites excluding steroid dienone is 3. The molecule has 0 radical (unpaired) electrons. The molecular formula is C11H15N. The first-order valence-electron chi connectivity index (χ1n) is 4.21. The molecule has 1 aliphatic heterocycles. The van der Waals surface area contributed by atoms with E-state index in [-0.39, 0.29) is 0 Å². The molecule has 0 amide bonds. The van der Waals surface area contributed by atoms with E-state index in [0.717, 1.165) is 12.2 Å². The van der Waals surface area contributed by atoms with Crippen LogP contribution in [-0.2, 0) is 0 Å². The maximum Gasteiger partial charge on any atom is 0.0407 e. The minimum Gasteiger partial charge on any atom is -0.381 e. The molecule has 1 rings (SSSR count). The molecule has 0 bridgehead atoms. The first-order valence-corrected chi connectivity index (χ1v) is 4.21. The molecule has 0 fully saturated rings. The van der Waals surface area contributed by atoms with Crippen LogP contribution in [0.4, 0.5) is 0 Å². The summed E-state index contributed by atoms with van der Waals surface area (Å²) in [6.07, 6.45) is 8.31. The predicted molar refractivity (Wildman–Crippen MR) is 53.8 cm³/mol. The second-order valence-corrected chi connectivity index (χ2v) is 2.77. The third-order valence-electron chi connectivity index (χ3n) is 1.86. The number of nitrogens with one attached hydrogen (secondary N) is 1. The van der Waals surface area contributed by atoms with E-state index in [1.807, 2.05) is 19.9 Å². The van der Waals surface area contributed by atoms with Gasteiger partial charge in [0.15, 0.2) is 0 Å². The summed E-state index contributed by atoms with van der Waals surface area (Å²) < 4.78 is 0. The molecule has 0 saturated heterocycles. The van der Waals surface area contributed by atoms with Crippen LogP contribution in [0, 0.1) is 0 Å². The monoisotopic (exact) mass is 161 g/mol. The second kappa shape index (κ2) is 3.96. The molecule has 0 aromatic heterocycles. The van der Waals surface area contributed by atoms with Crippen LogP contribution in [0.25, 0.3) is 0 Å². The van der Waals surface area contributed by atoms with Crippen LogP contribution in [0.1, 0.15) is 13.8 Å². The number of hydrogen-bond acceptors (Lipinski definition) is 1. The van der Waals surface area contributed by atoms with Gasteiger partial charge in [0, 0.05) is 17.8 Å². The van der Waals surface area contributed by atoms with Gasteiger partial charge in [-0.15, -0.1) is 0 Å². The van der Waals surface area contributed by atoms with E-state index in [4.69, 9.17) is 0 Å². The van der Waals surface area contributed by atoms with Crippen molar-refractivity contribution in [2.24, 2.45) is 0 Å². The zero-order chi connectivity index (χ0) is 8.97. The lowest BCUT2D eigenvalue weighted by Gasteiger charge is -1.96. The summed E-state index contributed by atoms with van der Waals surface area (Å²) in [7, 11) is 0. The fraction of sp³-hybridized carbons (Fsp3) is 0.273. The maximum atomic E-state index is 3.93. The van der Waals surface area contributed by atoms with Gasteiger partial charge in [0.2, 0.25) is 0 Å². The van der Waals surface area contributed by atoms with Gasteiger partial charge < -0.3 is 5.32 Å². The molecule has 0 unspecified atom stereocenters. The summed E-state index contributed by atoms with van der Waals surface area (Å²) in [5.74, 6) is 0. The summed E-state index contributed by atoms with van der Waals surface area (Å²) in [6.45, 7) is 8.89.